The first-order valence-electron chi connectivity index (χ1n) is 11.3. The van der Waals surface area contributed by atoms with Gasteiger partial charge in [-0.3, -0.25) is 4.79 Å². The molecular formula is C25H39N3O4. The number of aromatic nitrogens is 2. The van der Waals surface area contributed by atoms with Crippen LogP contribution in [0.1, 0.15) is 73.4 Å². The van der Waals surface area contributed by atoms with Gasteiger partial charge in [-0.05, 0) is 64.4 Å². The summed E-state index contributed by atoms with van der Waals surface area (Å²) in [6.45, 7) is 14.2. The third-order valence-electron chi connectivity index (χ3n) is 5.72. The second-order valence-electron chi connectivity index (χ2n) is 10.4. The topological polar surface area (TPSA) is 82.5 Å². The lowest BCUT2D eigenvalue weighted by Gasteiger charge is -2.27. The van der Waals surface area contributed by atoms with Crippen molar-refractivity contribution >= 4 is 17.8 Å². The van der Waals surface area contributed by atoms with Crippen LogP contribution in [0.2, 0.25) is 0 Å². The molecule has 32 heavy (non-hydrogen) atoms. The maximum atomic E-state index is 12.8. The Morgan fingerprint density at radius 2 is 2.00 bits per heavy atom. The summed E-state index contributed by atoms with van der Waals surface area (Å²) in [6, 6.07) is 0. The number of imidazole rings is 1. The van der Waals surface area contributed by atoms with Crippen LogP contribution < -0.4 is 5.32 Å². The van der Waals surface area contributed by atoms with Gasteiger partial charge >= 0.3 is 12.1 Å². The molecule has 1 aromatic heterocycles. The zero-order valence-electron chi connectivity index (χ0n) is 20.8. The lowest BCUT2D eigenvalue weighted by atomic mass is 9.84. The number of allylic oxidation sites excluding steroid dienone is 4. The van der Waals surface area contributed by atoms with Crippen molar-refractivity contribution in [3.63, 3.8) is 0 Å². The number of carbonyl (C=O) groups is 2. The normalized spacial score (nSPS) is 21.5. The zero-order chi connectivity index (χ0) is 24.2. The number of alkyl carbamates (subject to hydrolysis) is 1. The van der Waals surface area contributed by atoms with Crippen LogP contribution in [0.5, 0.6) is 0 Å². The molecule has 2 atom stereocenters. The highest BCUT2D eigenvalue weighted by molar-refractivity contribution is 5.86. The Hall–Kier alpha value is -2.57. The van der Waals surface area contributed by atoms with Crippen LogP contribution in [0.3, 0.4) is 0 Å². The number of carbonyl (C=O) groups excluding carboxylic acids is 2. The molecule has 1 aliphatic rings. The molecule has 178 valence electrons. The highest BCUT2D eigenvalue weighted by Crippen LogP contribution is 2.58. The first-order valence-corrected chi connectivity index (χ1v) is 11.3. The Kier molecular flexibility index (Phi) is 7.97. The van der Waals surface area contributed by atoms with E-state index >= 15 is 0 Å². The number of rotatable bonds is 9. The fraction of sp³-hybridized carbons (Fsp3) is 0.640. The van der Waals surface area contributed by atoms with Gasteiger partial charge in [-0.15, -0.1) is 0 Å². The SMILES string of the molecule is CC/C=C\C=C(/C)n1cnc(C2(C(=O)OC)CC2CC(C)(C)CNC(=O)OC(C)(C)C)c1. The van der Waals surface area contributed by atoms with E-state index in [1.54, 1.807) is 6.33 Å². The lowest BCUT2D eigenvalue weighted by molar-refractivity contribution is -0.144. The van der Waals surface area contributed by atoms with Crippen molar-refractivity contribution in [2.24, 2.45) is 11.3 Å². The predicted molar refractivity (Wildman–Crippen MR) is 126 cm³/mol. The molecule has 1 amide bonds. The molecule has 1 N–H and O–H groups in total. The lowest BCUT2D eigenvalue weighted by Crippen LogP contribution is -2.38. The molecule has 0 bridgehead atoms. The number of esters is 1. The van der Waals surface area contributed by atoms with Crippen LogP contribution >= 0.6 is 0 Å². The van der Waals surface area contributed by atoms with Crippen molar-refractivity contribution in [3.8, 4) is 0 Å². The van der Waals surface area contributed by atoms with E-state index in [9.17, 15) is 9.59 Å². The van der Waals surface area contributed by atoms with E-state index < -0.39 is 17.1 Å². The average Bonchev–Trinajstić information content (AvgIpc) is 3.17. The quantitative estimate of drug-likeness (QED) is 0.423. The van der Waals surface area contributed by atoms with Crippen molar-refractivity contribution in [2.45, 2.75) is 78.7 Å². The van der Waals surface area contributed by atoms with E-state index in [2.05, 4.69) is 37.1 Å². The van der Waals surface area contributed by atoms with E-state index in [1.807, 2.05) is 50.6 Å². The van der Waals surface area contributed by atoms with Gasteiger partial charge in [0.2, 0.25) is 0 Å². The third-order valence-corrected chi connectivity index (χ3v) is 5.72. The smallest absolute Gasteiger partial charge is 0.407 e. The molecule has 2 rings (SSSR count). The number of amides is 1. The summed E-state index contributed by atoms with van der Waals surface area (Å²) in [4.78, 5) is 29.4. The zero-order valence-corrected chi connectivity index (χ0v) is 20.8. The highest BCUT2D eigenvalue weighted by Gasteiger charge is 2.64. The fourth-order valence-corrected chi connectivity index (χ4v) is 3.97. The van der Waals surface area contributed by atoms with Gasteiger partial charge in [0.1, 0.15) is 11.0 Å². The van der Waals surface area contributed by atoms with Gasteiger partial charge in [0.15, 0.2) is 0 Å². The Labute approximate surface area is 192 Å². The number of ether oxygens (including phenoxy) is 2. The van der Waals surface area contributed by atoms with Crippen LogP contribution in [0.15, 0.2) is 30.8 Å². The maximum absolute atomic E-state index is 12.8. The summed E-state index contributed by atoms with van der Waals surface area (Å²) < 4.78 is 12.4. The molecule has 0 saturated heterocycles. The van der Waals surface area contributed by atoms with Gasteiger partial charge in [-0.2, -0.15) is 0 Å². The van der Waals surface area contributed by atoms with Gasteiger partial charge in [-0.1, -0.05) is 32.9 Å². The van der Waals surface area contributed by atoms with Crippen molar-refractivity contribution in [1.82, 2.24) is 14.9 Å². The first-order chi connectivity index (χ1) is 14.8. The summed E-state index contributed by atoms with van der Waals surface area (Å²) >= 11 is 0. The fourth-order valence-electron chi connectivity index (χ4n) is 3.97. The van der Waals surface area contributed by atoms with E-state index in [1.165, 1.54) is 7.11 Å². The number of nitrogens with zero attached hydrogens (tertiary/aromatic N) is 2. The minimum atomic E-state index is -0.733. The van der Waals surface area contributed by atoms with Crippen LogP contribution in [0.4, 0.5) is 4.79 Å². The van der Waals surface area contributed by atoms with Gasteiger partial charge in [0, 0.05) is 18.4 Å². The van der Waals surface area contributed by atoms with E-state index in [0.29, 0.717) is 13.0 Å². The molecule has 1 aliphatic carbocycles. The van der Waals surface area contributed by atoms with E-state index in [4.69, 9.17) is 9.47 Å². The molecule has 0 radical (unpaired) electrons. The van der Waals surface area contributed by atoms with Gasteiger partial charge < -0.3 is 19.4 Å². The molecule has 0 aliphatic heterocycles. The van der Waals surface area contributed by atoms with Crippen molar-refractivity contribution in [1.29, 1.82) is 0 Å². The monoisotopic (exact) mass is 445 g/mol. The predicted octanol–water partition coefficient (Wildman–Crippen LogP) is 5.08. The summed E-state index contributed by atoms with van der Waals surface area (Å²) in [5, 5.41) is 2.86. The minimum Gasteiger partial charge on any atom is -0.468 e. The Bertz CT molecular complexity index is 876. The number of hydrogen-bond donors (Lipinski definition) is 1. The minimum absolute atomic E-state index is 0.0954. The van der Waals surface area contributed by atoms with E-state index in [0.717, 1.165) is 24.2 Å². The maximum Gasteiger partial charge on any atom is 0.407 e. The number of nitrogens with one attached hydrogen (secondary N) is 1. The number of methoxy groups -OCH3 is 1. The summed E-state index contributed by atoms with van der Waals surface area (Å²) in [7, 11) is 1.42. The third kappa shape index (κ3) is 6.47. The Balaban J connectivity index is 2.11. The first kappa shape index (κ1) is 25.7. The average molecular weight is 446 g/mol. The molecule has 1 aromatic rings. The van der Waals surface area contributed by atoms with Crippen molar-refractivity contribution < 1.29 is 19.1 Å². The van der Waals surface area contributed by atoms with Gasteiger partial charge in [0.05, 0.1) is 19.1 Å². The molecule has 1 saturated carbocycles. The standard InChI is InChI=1S/C25H39N3O4/c1-9-10-11-12-18(2)28-15-20(27-17-28)25(21(29)31-8)14-19(25)13-24(6,7)16-26-22(30)32-23(3,4)5/h10-12,15,17,19H,9,13-14,16H2,1-8H3,(H,26,30)/b11-10-,18-12+. The molecule has 7 nitrogen and oxygen atoms in total. The summed E-state index contributed by atoms with van der Waals surface area (Å²) in [6.07, 6.45) is 11.8. The van der Waals surface area contributed by atoms with Gasteiger partial charge in [0.25, 0.3) is 0 Å². The van der Waals surface area contributed by atoms with Crippen molar-refractivity contribution in [3.05, 3.63) is 36.4 Å². The Morgan fingerprint density at radius 3 is 2.59 bits per heavy atom. The summed E-state index contributed by atoms with van der Waals surface area (Å²) in [5.74, 6) is -0.158. The van der Waals surface area contributed by atoms with Crippen LogP contribution in [0.25, 0.3) is 5.70 Å². The van der Waals surface area contributed by atoms with E-state index in [-0.39, 0.29) is 17.3 Å². The van der Waals surface area contributed by atoms with Crippen LogP contribution in [-0.4, -0.2) is 40.9 Å². The number of hydrogen-bond acceptors (Lipinski definition) is 5. The molecule has 0 aromatic carbocycles. The second kappa shape index (κ2) is 9.92. The van der Waals surface area contributed by atoms with Crippen molar-refractivity contribution in [2.75, 3.05) is 13.7 Å². The molecule has 1 heterocycles. The molecule has 1 fully saturated rings. The summed E-state index contributed by atoms with van der Waals surface area (Å²) in [5.41, 5.74) is 0.261. The largest absolute Gasteiger partial charge is 0.468 e. The Morgan fingerprint density at radius 1 is 1.31 bits per heavy atom. The van der Waals surface area contributed by atoms with Gasteiger partial charge in [-0.25, -0.2) is 9.78 Å². The molecule has 2 unspecified atom stereocenters. The second-order valence-corrected chi connectivity index (χ2v) is 10.4. The molecule has 7 heteroatoms. The molecule has 0 spiro atoms. The van der Waals surface area contributed by atoms with Crippen LogP contribution in [-0.2, 0) is 19.7 Å². The van der Waals surface area contributed by atoms with Crippen LogP contribution in [0, 0.1) is 11.3 Å². The molecular weight excluding hydrogens is 406 g/mol. The highest BCUT2D eigenvalue weighted by atomic mass is 16.6.